The van der Waals surface area contributed by atoms with E-state index >= 15 is 0 Å². The molecule has 1 aliphatic heterocycles. The van der Waals surface area contributed by atoms with Crippen molar-refractivity contribution in [3.05, 3.63) is 65.5 Å². The van der Waals surface area contributed by atoms with E-state index in [0.717, 1.165) is 48.5 Å². The molecule has 2 aromatic carbocycles. The lowest BCUT2D eigenvalue weighted by molar-refractivity contribution is -0.116. The number of benzene rings is 2. The Labute approximate surface area is 199 Å². The lowest BCUT2D eigenvalue weighted by Gasteiger charge is -2.22. The molecule has 1 atom stereocenters. The van der Waals surface area contributed by atoms with Gasteiger partial charge in [0, 0.05) is 22.5 Å². The van der Waals surface area contributed by atoms with Crippen molar-refractivity contribution in [2.45, 2.75) is 38.3 Å². The standard InChI is InChI=1S/C26H22N4OS2/c1-14-8-15(2)22-18(9-14)11-19-23-24(33-25(19)29-22)26(28-13-27-23)32-12-21(31)30-16(3)10-17-6-4-5-7-20(17)30/h4-9,11,13,16H,10,12H2,1-3H3/t16-/m0/s1. The van der Waals surface area contributed by atoms with Gasteiger partial charge in [-0.1, -0.05) is 41.6 Å². The number of hydrogen-bond acceptors (Lipinski definition) is 6. The molecule has 4 heterocycles. The normalized spacial score (nSPS) is 15.6. The topological polar surface area (TPSA) is 59.0 Å². The Morgan fingerprint density at radius 3 is 2.88 bits per heavy atom. The number of thiophene rings is 1. The summed E-state index contributed by atoms with van der Waals surface area (Å²) in [6.45, 7) is 6.32. The molecule has 0 fully saturated rings. The average molecular weight is 471 g/mol. The summed E-state index contributed by atoms with van der Waals surface area (Å²) in [6.07, 6.45) is 2.50. The molecule has 0 N–H and O–H groups in total. The molecule has 1 amide bonds. The fraction of sp³-hybridized carbons (Fsp3) is 0.231. The predicted octanol–water partition coefficient (Wildman–Crippen LogP) is 6.08. The zero-order valence-electron chi connectivity index (χ0n) is 18.6. The van der Waals surface area contributed by atoms with E-state index in [4.69, 9.17) is 4.98 Å². The van der Waals surface area contributed by atoms with Gasteiger partial charge in [-0.05, 0) is 56.5 Å². The van der Waals surface area contributed by atoms with Gasteiger partial charge >= 0.3 is 0 Å². The van der Waals surface area contributed by atoms with E-state index in [2.05, 4.69) is 55.0 Å². The lowest BCUT2D eigenvalue weighted by Crippen LogP contribution is -2.36. The summed E-state index contributed by atoms with van der Waals surface area (Å²) in [5.74, 6) is 0.451. The van der Waals surface area contributed by atoms with E-state index in [-0.39, 0.29) is 11.9 Å². The number of pyridine rings is 1. The van der Waals surface area contributed by atoms with E-state index in [1.165, 1.54) is 28.5 Å². The predicted molar refractivity (Wildman–Crippen MR) is 138 cm³/mol. The highest BCUT2D eigenvalue weighted by atomic mass is 32.2. The van der Waals surface area contributed by atoms with Crippen LogP contribution in [0.25, 0.3) is 31.3 Å². The molecule has 0 radical (unpaired) electrons. The monoisotopic (exact) mass is 470 g/mol. The number of carbonyl (C=O) groups excluding carboxylic acids is 1. The summed E-state index contributed by atoms with van der Waals surface area (Å²) < 4.78 is 0.998. The van der Waals surface area contributed by atoms with Gasteiger partial charge in [-0.3, -0.25) is 4.79 Å². The van der Waals surface area contributed by atoms with Crippen molar-refractivity contribution in [2.24, 2.45) is 0 Å². The Morgan fingerprint density at radius 2 is 2.00 bits per heavy atom. The molecule has 5 aromatic rings. The van der Waals surface area contributed by atoms with Crippen LogP contribution in [0.1, 0.15) is 23.6 Å². The summed E-state index contributed by atoms with van der Waals surface area (Å²) in [6, 6.07) is 14.9. The van der Waals surface area contributed by atoms with Crippen LogP contribution in [0.5, 0.6) is 0 Å². The molecular formula is C26H22N4OS2. The first-order chi connectivity index (χ1) is 16.0. The number of amides is 1. The molecule has 164 valence electrons. The van der Waals surface area contributed by atoms with Crippen LogP contribution in [-0.2, 0) is 11.2 Å². The smallest absolute Gasteiger partial charge is 0.237 e. The fourth-order valence-corrected chi connectivity index (χ4v) is 6.91. The maximum absolute atomic E-state index is 13.2. The summed E-state index contributed by atoms with van der Waals surface area (Å²) in [5.41, 5.74) is 6.61. The van der Waals surface area contributed by atoms with Crippen LogP contribution in [0.2, 0.25) is 0 Å². The van der Waals surface area contributed by atoms with E-state index in [0.29, 0.717) is 5.75 Å². The number of aryl methyl sites for hydroxylation is 2. The first-order valence-corrected chi connectivity index (χ1v) is 12.8. The van der Waals surface area contributed by atoms with Crippen LogP contribution in [0.4, 0.5) is 5.69 Å². The SMILES string of the molecule is Cc1cc(C)c2nc3sc4c(SCC(=O)N5c6ccccc6C[C@@H]5C)ncnc4c3cc2c1. The van der Waals surface area contributed by atoms with E-state index in [1.54, 1.807) is 17.7 Å². The number of rotatable bonds is 3. The van der Waals surface area contributed by atoms with E-state index < -0.39 is 0 Å². The second-order valence-corrected chi connectivity index (χ2v) is 10.7. The second kappa shape index (κ2) is 7.78. The number of hydrogen-bond donors (Lipinski definition) is 0. The van der Waals surface area contributed by atoms with Crippen molar-refractivity contribution in [1.82, 2.24) is 15.0 Å². The summed E-state index contributed by atoms with van der Waals surface area (Å²) >= 11 is 3.09. The van der Waals surface area contributed by atoms with Crippen LogP contribution >= 0.6 is 23.1 Å². The molecular weight excluding hydrogens is 448 g/mol. The minimum absolute atomic E-state index is 0.111. The number of fused-ring (bicyclic) bond motifs is 5. The van der Waals surface area contributed by atoms with Crippen LogP contribution in [0, 0.1) is 13.8 Å². The quantitative estimate of drug-likeness (QED) is 0.236. The zero-order chi connectivity index (χ0) is 22.7. The van der Waals surface area contributed by atoms with Gasteiger partial charge in [0.25, 0.3) is 0 Å². The molecule has 3 aromatic heterocycles. The lowest BCUT2D eigenvalue weighted by atomic mass is 10.1. The van der Waals surface area contributed by atoms with Gasteiger partial charge in [0.15, 0.2) is 0 Å². The summed E-state index contributed by atoms with van der Waals surface area (Å²) in [4.78, 5) is 30.1. The van der Waals surface area contributed by atoms with Gasteiger partial charge in [0.2, 0.25) is 5.91 Å². The third-order valence-electron chi connectivity index (χ3n) is 6.25. The number of thioether (sulfide) groups is 1. The largest absolute Gasteiger partial charge is 0.308 e. The highest BCUT2D eigenvalue weighted by Crippen LogP contribution is 2.39. The van der Waals surface area contributed by atoms with Crippen molar-refractivity contribution < 1.29 is 4.79 Å². The van der Waals surface area contributed by atoms with Crippen LogP contribution < -0.4 is 4.90 Å². The molecule has 33 heavy (non-hydrogen) atoms. The molecule has 7 heteroatoms. The second-order valence-electron chi connectivity index (χ2n) is 8.69. The Hall–Kier alpha value is -3.03. The minimum atomic E-state index is 0.111. The van der Waals surface area contributed by atoms with Crippen molar-refractivity contribution in [3.8, 4) is 0 Å². The maximum atomic E-state index is 13.2. The first kappa shape index (κ1) is 20.6. The zero-order valence-corrected chi connectivity index (χ0v) is 20.3. The van der Waals surface area contributed by atoms with Gasteiger partial charge in [0.05, 0.1) is 21.5 Å². The van der Waals surface area contributed by atoms with Gasteiger partial charge in [0.1, 0.15) is 16.2 Å². The first-order valence-electron chi connectivity index (χ1n) is 11.0. The van der Waals surface area contributed by atoms with Gasteiger partial charge < -0.3 is 4.90 Å². The third kappa shape index (κ3) is 3.38. The summed E-state index contributed by atoms with van der Waals surface area (Å²) in [7, 11) is 0. The Kier molecular flexibility index (Phi) is 4.85. The highest BCUT2D eigenvalue weighted by Gasteiger charge is 2.30. The molecule has 0 unspecified atom stereocenters. The number of carbonyl (C=O) groups is 1. The van der Waals surface area contributed by atoms with Crippen molar-refractivity contribution in [3.63, 3.8) is 0 Å². The van der Waals surface area contributed by atoms with Gasteiger partial charge in [-0.15, -0.1) is 11.3 Å². The van der Waals surface area contributed by atoms with Crippen LogP contribution in [-0.4, -0.2) is 32.7 Å². The Bertz CT molecular complexity index is 1580. The number of anilines is 1. The molecule has 0 spiro atoms. The van der Waals surface area contributed by atoms with Gasteiger partial charge in [-0.2, -0.15) is 0 Å². The molecule has 0 bridgehead atoms. The average Bonchev–Trinajstić information content (AvgIpc) is 3.33. The van der Waals surface area contributed by atoms with E-state index in [1.807, 2.05) is 23.1 Å². The number of para-hydroxylation sites is 1. The van der Waals surface area contributed by atoms with Crippen molar-refractivity contribution >= 4 is 66.0 Å². The molecule has 5 nitrogen and oxygen atoms in total. The molecule has 0 saturated carbocycles. The van der Waals surface area contributed by atoms with Crippen molar-refractivity contribution in [2.75, 3.05) is 10.7 Å². The van der Waals surface area contributed by atoms with Crippen LogP contribution in [0.15, 0.2) is 53.8 Å². The third-order valence-corrected chi connectivity index (χ3v) is 8.45. The maximum Gasteiger partial charge on any atom is 0.237 e. The number of nitrogens with zero attached hydrogens (tertiary/aromatic N) is 4. The van der Waals surface area contributed by atoms with Gasteiger partial charge in [-0.25, -0.2) is 15.0 Å². The molecule has 6 rings (SSSR count). The highest BCUT2D eigenvalue weighted by molar-refractivity contribution is 8.00. The van der Waals surface area contributed by atoms with Crippen molar-refractivity contribution in [1.29, 1.82) is 0 Å². The minimum Gasteiger partial charge on any atom is -0.308 e. The molecule has 1 aliphatic rings. The summed E-state index contributed by atoms with van der Waals surface area (Å²) in [5, 5.41) is 3.02. The number of aromatic nitrogens is 3. The Balaban J connectivity index is 1.35. The Morgan fingerprint density at radius 1 is 1.15 bits per heavy atom. The van der Waals surface area contributed by atoms with Crippen LogP contribution in [0.3, 0.4) is 0 Å². The fourth-order valence-electron chi connectivity index (χ4n) is 4.87. The molecule has 0 aliphatic carbocycles. The molecule has 0 saturated heterocycles. The van der Waals surface area contributed by atoms with E-state index in [9.17, 15) is 4.79 Å².